The number of hydrogen-bond donors (Lipinski definition) is 0. The van der Waals surface area contributed by atoms with E-state index in [1.807, 2.05) is 13.8 Å². The molecule has 0 amide bonds. The number of cyclic esters (lactones) is 2. The molecule has 1 aromatic rings. The number of carbonyl (C=O) groups excluding carboxylic acids is 2. The summed E-state index contributed by atoms with van der Waals surface area (Å²) in [5.74, 6) is -0.634. The minimum absolute atomic E-state index is 0.0242. The van der Waals surface area contributed by atoms with Crippen molar-refractivity contribution in [1.29, 1.82) is 0 Å². The monoisotopic (exact) mass is 206 g/mol. The van der Waals surface area contributed by atoms with E-state index in [1.54, 1.807) is 12.1 Å². The van der Waals surface area contributed by atoms with Gasteiger partial charge in [0.1, 0.15) is 5.75 Å². The standard InChI is InChI=1S/C11H10O4/c1-6(2)14-7-3-4-8-9(5-7)11(13)15-10(8)12/h3-6H,1-2H3. The Labute approximate surface area is 86.8 Å². The van der Waals surface area contributed by atoms with Crippen LogP contribution in [0.15, 0.2) is 18.2 Å². The van der Waals surface area contributed by atoms with Crippen molar-refractivity contribution in [3.05, 3.63) is 29.3 Å². The quantitative estimate of drug-likeness (QED) is 0.546. The van der Waals surface area contributed by atoms with Crippen molar-refractivity contribution >= 4 is 11.9 Å². The van der Waals surface area contributed by atoms with Crippen molar-refractivity contribution in [2.45, 2.75) is 20.0 Å². The molecule has 0 unspecified atom stereocenters. The maximum Gasteiger partial charge on any atom is 0.347 e. The van der Waals surface area contributed by atoms with Crippen molar-refractivity contribution < 1.29 is 19.1 Å². The molecule has 0 bridgehead atoms. The maximum absolute atomic E-state index is 11.2. The first-order valence-corrected chi connectivity index (χ1v) is 4.65. The number of fused-ring (bicyclic) bond motifs is 1. The molecule has 78 valence electrons. The van der Waals surface area contributed by atoms with E-state index in [4.69, 9.17) is 4.74 Å². The Morgan fingerprint density at radius 1 is 1.13 bits per heavy atom. The summed E-state index contributed by atoms with van der Waals surface area (Å²) in [6.45, 7) is 3.77. The molecule has 0 N–H and O–H groups in total. The summed E-state index contributed by atoms with van der Waals surface area (Å²) in [6, 6.07) is 4.72. The number of esters is 2. The summed E-state index contributed by atoms with van der Waals surface area (Å²) < 4.78 is 9.86. The average molecular weight is 206 g/mol. The number of benzene rings is 1. The van der Waals surface area contributed by atoms with Crippen LogP contribution in [-0.2, 0) is 4.74 Å². The van der Waals surface area contributed by atoms with E-state index < -0.39 is 11.9 Å². The first-order valence-electron chi connectivity index (χ1n) is 4.65. The molecule has 0 fully saturated rings. The summed E-state index contributed by atoms with van der Waals surface area (Å²) in [6.07, 6.45) is 0.0242. The summed E-state index contributed by atoms with van der Waals surface area (Å²) in [4.78, 5) is 22.3. The van der Waals surface area contributed by atoms with Crippen LogP contribution < -0.4 is 4.74 Å². The lowest BCUT2D eigenvalue weighted by molar-refractivity contribution is 0.0443. The van der Waals surface area contributed by atoms with E-state index in [0.29, 0.717) is 11.3 Å². The van der Waals surface area contributed by atoms with Crippen molar-refractivity contribution in [2.24, 2.45) is 0 Å². The summed E-state index contributed by atoms with van der Waals surface area (Å²) in [5.41, 5.74) is 0.578. The Balaban J connectivity index is 2.38. The van der Waals surface area contributed by atoms with Gasteiger partial charge in [-0.3, -0.25) is 0 Å². The molecule has 0 radical (unpaired) electrons. The highest BCUT2D eigenvalue weighted by Gasteiger charge is 2.29. The Bertz CT molecular complexity index is 434. The van der Waals surface area contributed by atoms with Crippen LogP contribution in [0.5, 0.6) is 5.75 Å². The van der Waals surface area contributed by atoms with Gasteiger partial charge in [0.05, 0.1) is 17.2 Å². The van der Waals surface area contributed by atoms with Gasteiger partial charge < -0.3 is 9.47 Å². The minimum Gasteiger partial charge on any atom is -0.491 e. The van der Waals surface area contributed by atoms with Crippen molar-refractivity contribution in [3.8, 4) is 5.75 Å². The lowest BCUT2D eigenvalue weighted by Crippen LogP contribution is -2.06. The van der Waals surface area contributed by atoms with Crippen LogP contribution >= 0.6 is 0 Å². The topological polar surface area (TPSA) is 52.6 Å². The van der Waals surface area contributed by atoms with Crippen LogP contribution in [0.2, 0.25) is 0 Å². The number of hydrogen-bond acceptors (Lipinski definition) is 4. The van der Waals surface area contributed by atoms with E-state index in [1.165, 1.54) is 6.07 Å². The molecule has 0 saturated carbocycles. The smallest absolute Gasteiger partial charge is 0.347 e. The van der Waals surface area contributed by atoms with Gasteiger partial charge in [-0.15, -0.1) is 0 Å². The molecule has 1 aliphatic rings. The normalized spacial score (nSPS) is 14.1. The fourth-order valence-corrected chi connectivity index (χ4v) is 1.41. The highest BCUT2D eigenvalue weighted by atomic mass is 16.6. The average Bonchev–Trinajstić information content (AvgIpc) is 2.41. The van der Waals surface area contributed by atoms with Gasteiger partial charge in [-0.1, -0.05) is 0 Å². The van der Waals surface area contributed by atoms with Crippen molar-refractivity contribution in [3.63, 3.8) is 0 Å². The van der Waals surface area contributed by atoms with Gasteiger partial charge in [0.2, 0.25) is 0 Å². The molecule has 15 heavy (non-hydrogen) atoms. The van der Waals surface area contributed by atoms with Crippen molar-refractivity contribution in [1.82, 2.24) is 0 Å². The van der Waals surface area contributed by atoms with E-state index in [-0.39, 0.29) is 11.7 Å². The summed E-state index contributed by atoms with van der Waals surface area (Å²) >= 11 is 0. The van der Waals surface area contributed by atoms with E-state index >= 15 is 0 Å². The van der Waals surface area contributed by atoms with Gasteiger partial charge in [0.15, 0.2) is 0 Å². The SMILES string of the molecule is CC(C)Oc1ccc2c(c1)C(=O)OC2=O. The molecule has 4 heteroatoms. The Morgan fingerprint density at radius 2 is 1.80 bits per heavy atom. The van der Waals surface area contributed by atoms with Gasteiger partial charge in [-0.2, -0.15) is 0 Å². The number of ether oxygens (including phenoxy) is 2. The second-order valence-corrected chi connectivity index (χ2v) is 3.55. The molecule has 1 heterocycles. The lowest BCUT2D eigenvalue weighted by atomic mass is 10.1. The van der Waals surface area contributed by atoms with Crippen LogP contribution in [0.4, 0.5) is 0 Å². The van der Waals surface area contributed by atoms with Gasteiger partial charge in [-0.05, 0) is 32.0 Å². The van der Waals surface area contributed by atoms with E-state index in [2.05, 4.69) is 4.74 Å². The van der Waals surface area contributed by atoms with Crippen LogP contribution in [0.3, 0.4) is 0 Å². The molecular weight excluding hydrogens is 196 g/mol. The highest BCUT2D eigenvalue weighted by molar-refractivity contribution is 6.14. The van der Waals surface area contributed by atoms with Crippen molar-refractivity contribution in [2.75, 3.05) is 0 Å². The molecule has 2 rings (SSSR count). The second kappa shape index (κ2) is 3.38. The zero-order valence-corrected chi connectivity index (χ0v) is 8.44. The molecule has 1 aromatic carbocycles. The molecule has 0 spiro atoms. The van der Waals surface area contributed by atoms with E-state index in [9.17, 15) is 9.59 Å². The molecule has 0 saturated heterocycles. The van der Waals surface area contributed by atoms with E-state index in [0.717, 1.165) is 0 Å². The van der Waals surface area contributed by atoms with Crippen LogP contribution in [0, 0.1) is 0 Å². The molecule has 0 atom stereocenters. The van der Waals surface area contributed by atoms with Crippen LogP contribution in [0.25, 0.3) is 0 Å². The summed E-state index contributed by atoms with van der Waals surface area (Å²) in [7, 11) is 0. The van der Waals surface area contributed by atoms with Gasteiger partial charge in [0.25, 0.3) is 0 Å². The Hall–Kier alpha value is -1.84. The van der Waals surface area contributed by atoms with Gasteiger partial charge in [0, 0.05) is 0 Å². The molecule has 0 aromatic heterocycles. The Morgan fingerprint density at radius 3 is 2.47 bits per heavy atom. The highest BCUT2D eigenvalue weighted by Crippen LogP contribution is 2.25. The maximum atomic E-state index is 11.2. The first kappa shape index (κ1) is 9.71. The van der Waals surface area contributed by atoms with Gasteiger partial charge >= 0.3 is 11.9 Å². The summed E-state index contributed by atoms with van der Waals surface area (Å²) in [5, 5.41) is 0. The van der Waals surface area contributed by atoms with Crippen LogP contribution in [-0.4, -0.2) is 18.0 Å². The Kier molecular flexibility index (Phi) is 2.19. The fraction of sp³-hybridized carbons (Fsp3) is 0.273. The largest absolute Gasteiger partial charge is 0.491 e. The zero-order chi connectivity index (χ0) is 11.0. The first-order chi connectivity index (χ1) is 7.08. The number of carbonyl (C=O) groups is 2. The lowest BCUT2D eigenvalue weighted by Gasteiger charge is -2.09. The van der Waals surface area contributed by atoms with Gasteiger partial charge in [-0.25, -0.2) is 9.59 Å². The fourth-order valence-electron chi connectivity index (χ4n) is 1.41. The third kappa shape index (κ3) is 1.70. The molecular formula is C11H10O4. The molecule has 1 aliphatic heterocycles. The molecule has 0 aliphatic carbocycles. The predicted molar refractivity (Wildman–Crippen MR) is 52.0 cm³/mol. The third-order valence-corrected chi connectivity index (χ3v) is 1.99. The third-order valence-electron chi connectivity index (χ3n) is 1.99. The second-order valence-electron chi connectivity index (χ2n) is 3.55. The minimum atomic E-state index is -0.607. The number of rotatable bonds is 2. The molecule has 4 nitrogen and oxygen atoms in total. The predicted octanol–water partition coefficient (Wildman–Crippen LogP) is 1.78. The van der Waals surface area contributed by atoms with Crippen LogP contribution in [0.1, 0.15) is 34.6 Å². The zero-order valence-electron chi connectivity index (χ0n) is 8.44.